The van der Waals surface area contributed by atoms with Crippen molar-refractivity contribution >= 4 is 15.7 Å². The van der Waals surface area contributed by atoms with Gasteiger partial charge in [-0.3, -0.25) is 4.68 Å². The van der Waals surface area contributed by atoms with Crippen molar-refractivity contribution in [3.8, 4) is 11.5 Å². The van der Waals surface area contributed by atoms with E-state index in [4.69, 9.17) is 10.3 Å². The third kappa shape index (κ3) is 2.44. The molecule has 0 amide bonds. The van der Waals surface area contributed by atoms with E-state index in [0.717, 1.165) is 6.26 Å². The van der Waals surface area contributed by atoms with E-state index in [9.17, 15) is 8.42 Å². The van der Waals surface area contributed by atoms with Crippen LogP contribution in [0, 0.1) is 0 Å². The van der Waals surface area contributed by atoms with Gasteiger partial charge in [-0.25, -0.2) is 8.42 Å². The van der Waals surface area contributed by atoms with Crippen molar-refractivity contribution in [2.24, 2.45) is 7.05 Å². The monoisotopic (exact) mass is 257 g/mol. The van der Waals surface area contributed by atoms with E-state index < -0.39 is 9.84 Å². The molecule has 2 N–H and O–H groups in total. The fraction of sp³-hybridized carbons (Fsp3) is 0.375. The van der Waals surface area contributed by atoms with Crippen LogP contribution in [0.4, 0.5) is 5.82 Å². The van der Waals surface area contributed by atoms with E-state index in [1.54, 1.807) is 7.05 Å². The summed E-state index contributed by atoms with van der Waals surface area (Å²) in [6, 6.07) is 0. The van der Waals surface area contributed by atoms with Crippen LogP contribution in [0.3, 0.4) is 0 Å². The lowest BCUT2D eigenvalue weighted by Gasteiger charge is -1.93. The van der Waals surface area contributed by atoms with Crippen molar-refractivity contribution in [2.45, 2.75) is 5.75 Å². The van der Waals surface area contributed by atoms with Crippen LogP contribution in [-0.2, 0) is 22.6 Å². The minimum Gasteiger partial charge on any atom is -0.383 e. The van der Waals surface area contributed by atoms with E-state index >= 15 is 0 Å². The van der Waals surface area contributed by atoms with Gasteiger partial charge in [0.1, 0.15) is 17.1 Å². The van der Waals surface area contributed by atoms with Gasteiger partial charge in [0.2, 0.25) is 0 Å². The molecule has 8 nitrogen and oxygen atoms in total. The minimum atomic E-state index is -3.19. The Hall–Kier alpha value is -1.90. The molecule has 0 aliphatic rings. The molecule has 2 heterocycles. The Morgan fingerprint density at radius 1 is 1.53 bits per heavy atom. The number of aromatic nitrogens is 4. The summed E-state index contributed by atoms with van der Waals surface area (Å²) in [6.07, 6.45) is 2.58. The average molecular weight is 257 g/mol. The molecule has 2 rings (SSSR count). The van der Waals surface area contributed by atoms with Crippen LogP contribution in [-0.4, -0.2) is 34.6 Å². The van der Waals surface area contributed by atoms with Crippen molar-refractivity contribution < 1.29 is 12.9 Å². The molecule has 9 heteroatoms. The fourth-order valence-corrected chi connectivity index (χ4v) is 1.85. The summed E-state index contributed by atoms with van der Waals surface area (Å²) in [5.41, 5.74) is 6.21. The summed E-state index contributed by atoms with van der Waals surface area (Å²) in [6.45, 7) is 0. The second kappa shape index (κ2) is 3.84. The highest BCUT2D eigenvalue weighted by molar-refractivity contribution is 7.89. The Labute approximate surface area is 97.3 Å². The van der Waals surface area contributed by atoms with Gasteiger partial charge in [-0.2, -0.15) is 10.1 Å². The highest BCUT2D eigenvalue weighted by Gasteiger charge is 2.17. The van der Waals surface area contributed by atoms with Crippen molar-refractivity contribution in [3.63, 3.8) is 0 Å². The van der Waals surface area contributed by atoms with Crippen LogP contribution in [0.1, 0.15) is 5.82 Å². The van der Waals surface area contributed by atoms with E-state index in [-0.39, 0.29) is 17.5 Å². The van der Waals surface area contributed by atoms with Crippen molar-refractivity contribution in [1.29, 1.82) is 0 Å². The van der Waals surface area contributed by atoms with Gasteiger partial charge in [-0.1, -0.05) is 5.16 Å². The molecular formula is C8H11N5O3S. The maximum atomic E-state index is 11.1. The first-order valence-corrected chi connectivity index (χ1v) is 6.71. The average Bonchev–Trinajstić information content (AvgIpc) is 2.74. The van der Waals surface area contributed by atoms with E-state index in [0.29, 0.717) is 11.4 Å². The number of anilines is 1. The molecule has 0 saturated heterocycles. The van der Waals surface area contributed by atoms with E-state index in [2.05, 4.69) is 15.2 Å². The maximum Gasteiger partial charge on any atom is 0.263 e. The van der Waals surface area contributed by atoms with Crippen LogP contribution in [0.5, 0.6) is 0 Å². The SMILES string of the molecule is Cn1ncc(-c2nc(CS(C)(=O)=O)no2)c1N. The number of nitrogens with zero attached hydrogens (tertiary/aromatic N) is 4. The Bertz CT molecular complexity index is 642. The molecule has 0 aromatic carbocycles. The standard InChI is InChI=1S/C8H11N5O3S/c1-13-7(9)5(3-10-13)8-11-6(12-16-8)4-17(2,14)15/h3H,4,9H2,1-2H3. The maximum absolute atomic E-state index is 11.1. The van der Waals surface area contributed by atoms with E-state index in [1.807, 2.05) is 0 Å². The largest absolute Gasteiger partial charge is 0.383 e. The molecule has 0 aliphatic carbocycles. The number of aryl methyl sites for hydroxylation is 1. The predicted octanol–water partition coefficient (Wildman–Crippen LogP) is -0.403. The Morgan fingerprint density at radius 2 is 2.24 bits per heavy atom. The van der Waals surface area contributed by atoms with Crippen LogP contribution >= 0.6 is 0 Å². The van der Waals surface area contributed by atoms with Crippen molar-refractivity contribution in [3.05, 3.63) is 12.0 Å². The molecule has 0 atom stereocenters. The quantitative estimate of drug-likeness (QED) is 0.794. The van der Waals surface area contributed by atoms with Gasteiger partial charge < -0.3 is 10.3 Å². The topological polar surface area (TPSA) is 117 Å². The molecule has 2 aromatic heterocycles. The molecule has 0 bridgehead atoms. The molecular weight excluding hydrogens is 246 g/mol. The van der Waals surface area contributed by atoms with Crippen molar-refractivity contribution in [2.75, 3.05) is 12.0 Å². The number of hydrogen-bond acceptors (Lipinski definition) is 7. The van der Waals surface area contributed by atoms with Gasteiger partial charge in [0, 0.05) is 13.3 Å². The molecule has 0 radical (unpaired) electrons. The summed E-state index contributed by atoms with van der Waals surface area (Å²) in [5.74, 6) is 0.371. The molecule has 17 heavy (non-hydrogen) atoms. The Balaban J connectivity index is 2.33. The molecule has 2 aromatic rings. The third-order valence-electron chi connectivity index (χ3n) is 2.07. The zero-order valence-corrected chi connectivity index (χ0v) is 10.1. The molecule has 0 aliphatic heterocycles. The van der Waals surface area contributed by atoms with Gasteiger partial charge in [-0.15, -0.1) is 0 Å². The van der Waals surface area contributed by atoms with Crippen LogP contribution in [0.25, 0.3) is 11.5 Å². The second-order valence-corrected chi connectivity index (χ2v) is 5.79. The second-order valence-electron chi connectivity index (χ2n) is 3.65. The van der Waals surface area contributed by atoms with Gasteiger partial charge in [0.05, 0.1) is 6.20 Å². The lowest BCUT2D eigenvalue weighted by molar-refractivity contribution is 0.424. The lowest BCUT2D eigenvalue weighted by Crippen LogP contribution is -2.02. The Morgan fingerprint density at radius 3 is 2.76 bits per heavy atom. The van der Waals surface area contributed by atoms with Gasteiger partial charge in [-0.05, 0) is 0 Å². The molecule has 0 fully saturated rings. The zero-order chi connectivity index (χ0) is 12.6. The lowest BCUT2D eigenvalue weighted by atomic mass is 10.3. The Kier molecular flexibility index (Phi) is 2.62. The number of nitrogens with two attached hydrogens (primary N) is 1. The molecule has 0 saturated carbocycles. The first-order chi connectivity index (χ1) is 7.87. The summed E-state index contributed by atoms with van der Waals surface area (Å²) in [4.78, 5) is 3.95. The van der Waals surface area contributed by atoms with Crippen LogP contribution in [0.2, 0.25) is 0 Å². The summed E-state index contributed by atoms with van der Waals surface area (Å²) in [7, 11) is -1.51. The highest BCUT2D eigenvalue weighted by atomic mass is 32.2. The summed E-state index contributed by atoms with van der Waals surface area (Å²) < 4.78 is 28.5. The predicted molar refractivity (Wildman–Crippen MR) is 59.5 cm³/mol. The molecule has 92 valence electrons. The smallest absolute Gasteiger partial charge is 0.263 e. The normalized spacial score (nSPS) is 11.9. The van der Waals surface area contributed by atoms with Crippen molar-refractivity contribution in [1.82, 2.24) is 19.9 Å². The number of nitrogen functional groups attached to an aromatic ring is 1. The van der Waals surface area contributed by atoms with Gasteiger partial charge in [0.25, 0.3) is 5.89 Å². The van der Waals surface area contributed by atoms with Crippen LogP contribution in [0.15, 0.2) is 10.7 Å². The number of sulfone groups is 1. The van der Waals surface area contributed by atoms with Gasteiger partial charge >= 0.3 is 0 Å². The summed E-state index contributed by atoms with van der Waals surface area (Å²) in [5, 5.41) is 7.49. The molecule has 0 spiro atoms. The van der Waals surface area contributed by atoms with Gasteiger partial charge in [0.15, 0.2) is 15.7 Å². The molecule has 0 unspecified atom stereocenters. The van der Waals surface area contributed by atoms with E-state index in [1.165, 1.54) is 10.9 Å². The minimum absolute atomic E-state index is 0.103. The first-order valence-electron chi connectivity index (χ1n) is 4.65. The number of hydrogen-bond donors (Lipinski definition) is 1. The third-order valence-corrected chi connectivity index (χ3v) is 2.86. The highest BCUT2D eigenvalue weighted by Crippen LogP contribution is 2.23. The first kappa shape index (κ1) is 11.6. The fourth-order valence-electron chi connectivity index (χ4n) is 1.27. The van der Waals surface area contributed by atoms with Crippen LogP contribution < -0.4 is 5.73 Å². The number of rotatable bonds is 3. The zero-order valence-electron chi connectivity index (χ0n) is 9.28. The summed E-state index contributed by atoms with van der Waals surface area (Å²) >= 11 is 0.